The molecule has 3 N–H and O–H groups in total. The van der Waals surface area contributed by atoms with E-state index in [1.54, 1.807) is 0 Å². The van der Waals surface area contributed by atoms with E-state index in [9.17, 15) is 0 Å². The largest absolute Gasteiger partial charge is 0.400 e. The maximum Gasteiger partial charge on any atom is 0.0319 e. The van der Waals surface area contributed by atoms with Gasteiger partial charge in [-0.05, 0) is 6.54 Å². The molecule has 2 heteroatoms. The minimum atomic E-state index is 0.750. The highest BCUT2D eigenvalue weighted by Crippen LogP contribution is 1.20. The first-order valence-corrected chi connectivity index (χ1v) is 1.56. The normalized spacial score (nSPS) is 4.80. The van der Waals surface area contributed by atoms with Crippen molar-refractivity contribution in [2.24, 2.45) is 5.73 Å². The number of hydrogen-bond acceptors (Lipinski definition) is 2. The van der Waals surface area contributed by atoms with Crippen molar-refractivity contribution in [2.45, 2.75) is 6.92 Å². The zero-order chi connectivity index (χ0) is 4.71. The van der Waals surface area contributed by atoms with Gasteiger partial charge in [0.1, 0.15) is 0 Å². The Kier molecular flexibility index (Phi) is 70.0. The summed E-state index contributed by atoms with van der Waals surface area (Å²) in [4.78, 5) is 0. The summed E-state index contributed by atoms with van der Waals surface area (Å²) < 4.78 is 0. The van der Waals surface area contributed by atoms with E-state index in [4.69, 9.17) is 10.8 Å². The average molecular weight is 77.1 g/mol. The Morgan fingerprint density at radius 1 is 1.60 bits per heavy atom. The zero-order valence-electron chi connectivity index (χ0n) is 3.73. The second kappa shape index (κ2) is 39.5. The molecule has 2 nitrogen and oxygen atoms in total. The van der Waals surface area contributed by atoms with Crippen LogP contribution in [0.5, 0.6) is 0 Å². The van der Waals surface area contributed by atoms with Gasteiger partial charge in [0.15, 0.2) is 0 Å². The standard InChI is InChI=1S/C2H7N.CH4O/c1-2-3;1-2/h2-3H2,1H3;2H,1H3. The molecule has 34 valence electrons. The van der Waals surface area contributed by atoms with Crippen LogP contribution < -0.4 is 5.73 Å². The van der Waals surface area contributed by atoms with Crippen molar-refractivity contribution in [3.8, 4) is 0 Å². The molecule has 0 radical (unpaired) electrons. The van der Waals surface area contributed by atoms with Crippen LogP contribution in [0.25, 0.3) is 0 Å². The van der Waals surface area contributed by atoms with E-state index in [2.05, 4.69) is 0 Å². The van der Waals surface area contributed by atoms with Crippen molar-refractivity contribution in [1.82, 2.24) is 0 Å². The van der Waals surface area contributed by atoms with Crippen LogP contribution in [0.1, 0.15) is 6.92 Å². The van der Waals surface area contributed by atoms with Crippen molar-refractivity contribution in [2.75, 3.05) is 13.7 Å². The predicted molar refractivity (Wildman–Crippen MR) is 22.9 cm³/mol. The summed E-state index contributed by atoms with van der Waals surface area (Å²) in [6.45, 7) is 2.65. The summed E-state index contributed by atoms with van der Waals surface area (Å²) in [6, 6.07) is 0. The molecular formula is C3H11NO. The van der Waals surface area contributed by atoms with Gasteiger partial charge in [-0.1, -0.05) is 6.92 Å². The first-order chi connectivity index (χ1) is 2.41. The Bertz CT molecular complexity index is 6.85. The third kappa shape index (κ3) is 2260. The number of nitrogens with two attached hydrogens (primary N) is 1. The quantitative estimate of drug-likeness (QED) is 0.412. The van der Waals surface area contributed by atoms with Crippen LogP contribution >= 0.6 is 0 Å². The molecule has 0 saturated heterocycles. The van der Waals surface area contributed by atoms with Crippen LogP contribution in [-0.4, -0.2) is 18.8 Å². The lowest BCUT2D eigenvalue weighted by atomic mass is 10.8. The summed E-state index contributed by atoms with van der Waals surface area (Å²) in [6.07, 6.45) is 0. The fraction of sp³-hybridized carbons (Fsp3) is 1.00. The van der Waals surface area contributed by atoms with Crippen LogP contribution in [-0.2, 0) is 0 Å². The van der Waals surface area contributed by atoms with E-state index in [0.717, 1.165) is 13.7 Å². The summed E-state index contributed by atoms with van der Waals surface area (Å²) in [5, 5.41) is 7.00. The van der Waals surface area contributed by atoms with Gasteiger partial charge in [0.2, 0.25) is 0 Å². The van der Waals surface area contributed by atoms with Crippen LogP contribution in [0.3, 0.4) is 0 Å². The van der Waals surface area contributed by atoms with Gasteiger partial charge in [0, 0.05) is 7.11 Å². The second-order valence-corrected chi connectivity index (χ2v) is 0.408. The van der Waals surface area contributed by atoms with Crippen molar-refractivity contribution >= 4 is 0 Å². The molecular weight excluding hydrogens is 66.0 g/mol. The molecule has 0 aromatic carbocycles. The van der Waals surface area contributed by atoms with E-state index in [1.807, 2.05) is 6.92 Å². The van der Waals surface area contributed by atoms with Crippen molar-refractivity contribution in [3.63, 3.8) is 0 Å². The van der Waals surface area contributed by atoms with Gasteiger partial charge < -0.3 is 10.8 Å². The molecule has 0 aliphatic heterocycles. The fourth-order valence-electron chi connectivity index (χ4n) is 0. The second-order valence-electron chi connectivity index (χ2n) is 0.408. The Labute approximate surface area is 32.6 Å². The Morgan fingerprint density at radius 3 is 1.60 bits per heavy atom. The predicted octanol–water partition coefficient (Wildman–Crippen LogP) is -0.426. The number of aliphatic hydroxyl groups is 1. The lowest BCUT2D eigenvalue weighted by molar-refractivity contribution is 0.399. The van der Waals surface area contributed by atoms with E-state index >= 15 is 0 Å². The molecule has 5 heavy (non-hydrogen) atoms. The van der Waals surface area contributed by atoms with E-state index in [1.165, 1.54) is 0 Å². The smallest absolute Gasteiger partial charge is 0.0319 e. The van der Waals surface area contributed by atoms with Gasteiger partial charge in [0.05, 0.1) is 0 Å². The van der Waals surface area contributed by atoms with Crippen molar-refractivity contribution in [3.05, 3.63) is 0 Å². The number of aliphatic hydroxyl groups excluding tert-OH is 1. The monoisotopic (exact) mass is 77.1 g/mol. The highest BCUT2D eigenvalue weighted by molar-refractivity contribution is 4.00. The molecule has 0 heterocycles. The third-order valence-electron chi connectivity index (χ3n) is 0. The van der Waals surface area contributed by atoms with Gasteiger partial charge in [-0.3, -0.25) is 0 Å². The maximum atomic E-state index is 7.00. The van der Waals surface area contributed by atoms with Gasteiger partial charge in [0.25, 0.3) is 0 Å². The molecule has 0 aromatic rings. The first kappa shape index (κ1) is 8.87. The van der Waals surface area contributed by atoms with Crippen molar-refractivity contribution in [1.29, 1.82) is 0 Å². The topological polar surface area (TPSA) is 46.2 Å². The third-order valence-corrected chi connectivity index (χ3v) is 0. The van der Waals surface area contributed by atoms with Crippen LogP contribution in [0, 0.1) is 0 Å². The fourth-order valence-corrected chi connectivity index (χ4v) is 0. The molecule has 0 aliphatic rings. The van der Waals surface area contributed by atoms with Gasteiger partial charge in [-0.15, -0.1) is 0 Å². The molecule has 0 rings (SSSR count). The zero-order valence-corrected chi connectivity index (χ0v) is 3.73. The van der Waals surface area contributed by atoms with Crippen LogP contribution in [0.15, 0.2) is 0 Å². The molecule has 0 bridgehead atoms. The Balaban J connectivity index is 0. The van der Waals surface area contributed by atoms with E-state index in [0.29, 0.717) is 0 Å². The summed E-state index contributed by atoms with van der Waals surface area (Å²) in [5.74, 6) is 0. The van der Waals surface area contributed by atoms with Crippen LogP contribution in [0.2, 0.25) is 0 Å². The van der Waals surface area contributed by atoms with E-state index < -0.39 is 0 Å². The number of hydrogen-bond donors (Lipinski definition) is 2. The first-order valence-electron chi connectivity index (χ1n) is 1.56. The molecule has 0 atom stereocenters. The Morgan fingerprint density at radius 2 is 1.60 bits per heavy atom. The lowest BCUT2D eigenvalue weighted by Crippen LogP contribution is -1.87. The highest BCUT2D eigenvalue weighted by Gasteiger charge is 1.32. The molecule has 0 spiro atoms. The lowest BCUT2D eigenvalue weighted by Gasteiger charge is -1.53. The minimum absolute atomic E-state index is 0.750. The number of rotatable bonds is 0. The van der Waals surface area contributed by atoms with Gasteiger partial charge in [-0.25, -0.2) is 0 Å². The molecule has 0 fully saturated rings. The summed E-state index contributed by atoms with van der Waals surface area (Å²) in [7, 11) is 1.00. The summed E-state index contributed by atoms with van der Waals surface area (Å²) in [5.41, 5.74) is 4.85. The van der Waals surface area contributed by atoms with Gasteiger partial charge >= 0.3 is 0 Å². The van der Waals surface area contributed by atoms with E-state index in [-0.39, 0.29) is 0 Å². The van der Waals surface area contributed by atoms with Gasteiger partial charge in [-0.2, -0.15) is 0 Å². The highest BCUT2D eigenvalue weighted by atomic mass is 16.2. The van der Waals surface area contributed by atoms with Crippen molar-refractivity contribution < 1.29 is 5.11 Å². The molecule has 0 aliphatic carbocycles. The minimum Gasteiger partial charge on any atom is -0.400 e. The Hall–Kier alpha value is -0.0800. The summed E-state index contributed by atoms with van der Waals surface area (Å²) >= 11 is 0. The average Bonchev–Trinajstić information content (AvgIpc) is 1.46. The SMILES string of the molecule is CCN.CO. The molecule has 0 unspecified atom stereocenters. The molecule has 0 amide bonds. The van der Waals surface area contributed by atoms with Crippen LogP contribution in [0.4, 0.5) is 0 Å². The molecule has 0 saturated carbocycles. The maximum absolute atomic E-state index is 7.00. The molecule has 0 aromatic heterocycles.